The van der Waals surface area contributed by atoms with E-state index in [9.17, 15) is 18.0 Å². The minimum absolute atomic E-state index is 0.287. The number of rotatable bonds is 5. The van der Waals surface area contributed by atoms with E-state index >= 15 is 0 Å². The van der Waals surface area contributed by atoms with E-state index in [2.05, 4.69) is 10.6 Å². The van der Waals surface area contributed by atoms with Crippen LogP contribution in [0.25, 0.3) is 0 Å². The fourth-order valence-corrected chi connectivity index (χ4v) is 2.93. The second-order valence-electron chi connectivity index (χ2n) is 5.20. The molecule has 0 aliphatic heterocycles. The molecular weight excluding hydrogens is 396 g/mol. The number of nitrogens with one attached hydrogen (secondary N) is 2. The van der Waals surface area contributed by atoms with Crippen molar-refractivity contribution in [1.29, 1.82) is 0 Å². The topological polar surface area (TPSA) is 50.4 Å². The van der Waals surface area contributed by atoms with Crippen molar-refractivity contribution in [1.82, 2.24) is 0 Å². The Morgan fingerprint density at radius 3 is 2.60 bits per heavy atom. The first-order chi connectivity index (χ1) is 11.8. The second-order valence-corrected chi connectivity index (χ2v) is 6.50. The molecule has 1 amide bonds. The van der Waals surface area contributed by atoms with E-state index in [0.29, 0.717) is 17.9 Å². The molecule has 0 saturated heterocycles. The van der Waals surface area contributed by atoms with Gasteiger partial charge < -0.3 is 0 Å². The van der Waals surface area contributed by atoms with Crippen molar-refractivity contribution in [2.24, 2.45) is 0 Å². The molecular formula is C17H18AsF3N2O2. The van der Waals surface area contributed by atoms with E-state index in [1.165, 1.54) is 22.9 Å². The molecule has 0 spiro atoms. The summed E-state index contributed by atoms with van der Waals surface area (Å²) in [5.41, 5.74) is 1.25. The van der Waals surface area contributed by atoms with Gasteiger partial charge in [-0.05, 0) is 0 Å². The van der Waals surface area contributed by atoms with E-state index in [-0.39, 0.29) is 6.61 Å². The van der Waals surface area contributed by atoms with E-state index in [1.54, 1.807) is 25.1 Å². The zero-order valence-corrected chi connectivity index (χ0v) is 15.9. The molecule has 0 fully saturated rings. The Morgan fingerprint density at radius 2 is 1.96 bits per heavy atom. The molecule has 2 rings (SSSR count). The summed E-state index contributed by atoms with van der Waals surface area (Å²) in [7, 11) is 0. The van der Waals surface area contributed by atoms with Crippen molar-refractivity contribution < 1.29 is 22.7 Å². The van der Waals surface area contributed by atoms with Crippen LogP contribution in [0.2, 0.25) is 0 Å². The van der Waals surface area contributed by atoms with Gasteiger partial charge in [0, 0.05) is 0 Å². The molecule has 25 heavy (non-hydrogen) atoms. The van der Waals surface area contributed by atoms with Crippen LogP contribution in [0.1, 0.15) is 18.1 Å². The molecule has 0 aliphatic carbocycles. The molecule has 0 radical (unpaired) electrons. The maximum atomic E-state index is 12.7. The van der Waals surface area contributed by atoms with Gasteiger partial charge in [-0.1, -0.05) is 0 Å². The molecule has 4 nitrogen and oxygen atoms in total. The summed E-state index contributed by atoms with van der Waals surface area (Å²) in [5.74, 6) is 0. The summed E-state index contributed by atoms with van der Waals surface area (Å²) in [6.45, 7) is 2.38. The number of ether oxygens (including phenoxy) is 1. The van der Waals surface area contributed by atoms with Gasteiger partial charge in [-0.2, -0.15) is 0 Å². The number of amides is 1. The van der Waals surface area contributed by atoms with Gasteiger partial charge in [-0.25, -0.2) is 0 Å². The summed E-state index contributed by atoms with van der Waals surface area (Å²) < 4.78 is 43.9. The molecule has 2 N–H and O–H groups in total. The fourth-order valence-electron chi connectivity index (χ4n) is 2.12. The predicted octanol–water partition coefficient (Wildman–Crippen LogP) is 3.14. The van der Waals surface area contributed by atoms with Crippen molar-refractivity contribution in [3.63, 3.8) is 0 Å². The average molecular weight is 414 g/mol. The van der Waals surface area contributed by atoms with Crippen LogP contribution in [0, 0.1) is 0 Å². The van der Waals surface area contributed by atoms with Crippen LogP contribution < -0.4 is 15.0 Å². The van der Waals surface area contributed by atoms with Crippen LogP contribution in [0.3, 0.4) is 0 Å². The molecule has 2 aromatic rings. The summed E-state index contributed by atoms with van der Waals surface area (Å²) in [5, 5.41) is 5.62. The zero-order chi connectivity index (χ0) is 18.4. The third-order valence-electron chi connectivity index (χ3n) is 3.31. The number of alkyl halides is 3. The Bertz CT molecular complexity index is 751. The minimum atomic E-state index is -4.36. The van der Waals surface area contributed by atoms with Crippen molar-refractivity contribution in [2.45, 2.75) is 19.6 Å². The van der Waals surface area contributed by atoms with Crippen LogP contribution >= 0.6 is 0 Å². The number of hydrogen-bond donors (Lipinski definition) is 2. The monoisotopic (exact) mass is 414 g/mol. The summed E-state index contributed by atoms with van der Waals surface area (Å²) in [4.78, 5) is 11.4. The first-order valence-corrected chi connectivity index (χ1v) is 8.74. The number of anilines is 2. The van der Waals surface area contributed by atoms with Crippen LogP contribution in [-0.2, 0) is 17.5 Å². The van der Waals surface area contributed by atoms with E-state index < -0.39 is 17.8 Å². The van der Waals surface area contributed by atoms with E-state index in [1.807, 2.05) is 6.07 Å². The molecule has 8 heteroatoms. The van der Waals surface area contributed by atoms with Gasteiger partial charge in [0.15, 0.2) is 0 Å². The number of benzene rings is 2. The van der Waals surface area contributed by atoms with Gasteiger partial charge in [0.05, 0.1) is 0 Å². The fraction of sp³-hybridized carbons (Fsp3) is 0.235. The average Bonchev–Trinajstić information content (AvgIpc) is 2.55. The molecule has 0 heterocycles. The van der Waals surface area contributed by atoms with Gasteiger partial charge in [0.2, 0.25) is 0 Å². The Kier molecular flexibility index (Phi) is 6.37. The number of carbonyl (C=O) groups excluding carboxylic acids is 1. The Balaban J connectivity index is 2.02. The van der Waals surface area contributed by atoms with Gasteiger partial charge in [-0.15, -0.1) is 0 Å². The van der Waals surface area contributed by atoms with Gasteiger partial charge in [0.1, 0.15) is 0 Å². The number of halogens is 3. The van der Waals surface area contributed by atoms with Crippen LogP contribution in [0.15, 0.2) is 42.5 Å². The molecule has 0 bridgehead atoms. The number of hydrogen-bond acceptors (Lipinski definition) is 3. The Labute approximate surface area is 152 Å². The van der Waals surface area contributed by atoms with E-state index in [4.69, 9.17) is 4.74 Å². The van der Waals surface area contributed by atoms with Crippen molar-refractivity contribution in [2.75, 3.05) is 17.2 Å². The maximum absolute atomic E-state index is 12.7. The van der Waals surface area contributed by atoms with Crippen LogP contribution in [-0.4, -0.2) is 29.6 Å². The first kappa shape index (κ1) is 19.2. The summed E-state index contributed by atoms with van der Waals surface area (Å²) in [6, 6.07) is 10.5. The third-order valence-corrected chi connectivity index (χ3v) is 4.32. The molecule has 0 aliphatic rings. The van der Waals surface area contributed by atoms with Gasteiger partial charge >= 0.3 is 152 Å². The molecule has 2 aromatic carbocycles. The predicted molar refractivity (Wildman–Crippen MR) is 94.0 cm³/mol. The third kappa shape index (κ3) is 5.71. The van der Waals surface area contributed by atoms with Crippen LogP contribution in [0.4, 0.5) is 29.3 Å². The van der Waals surface area contributed by atoms with Gasteiger partial charge in [0.25, 0.3) is 0 Å². The Morgan fingerprint density at radius 1 is 1.20 bits per heavy atom. The van der Waals surface area contributed by atoms with Crippen LogP contribution in [0.5, 0.6) is 0 Å². The number of carbonyl (C=O) groups is 1. The van der Waals surface area contributed by atoms with Crippen molar-refractivity contribution in [3.8, 4) is 0 Å². The quantitative estimate of drug-likeness (QED) is 0.740. The zero-order valence-electron chi connectivity index (χ0n) is 13.5. The van der Waals surface area contributed by atoms with Crippen molar-refractivity contribution >= 4 is 38.7 Å². The molecule has 1 atom stereocenters. The van der Waals surface area contributed by atoms with Crippen molar-refractivity contribution in [3.05, 3.63) is 53.6 Å². The SMILES string of the molecule is CCOC(=O)Nc1ccc(CNc2cccc(C(F)(F)F)c2)cc1[AsH2]. The second kappa shape index (κ2) is 8.30. The van der Waals surface area contributed by atoms with Gasteiger partial charge in [-0.3, -0.25) is 0 Å². The molecule has 0 aromatic heterocycles. The molecule has 134 valence electrons. The summed E-state index contributed by atoms with van der Waals surface area (Å²) in [6.07, 6.45) is -4.88. The van der Waals surface area contributed by atoms with E-state index in [0.717, 1.165) is 22.0 Å². The molecule has 1 unspecified atom stereocenters. The first-order valence-electron chi connectivity index (χ1n) is 7.53. The molecule has 0 saturated carbocycles. The standard InChI is InChI=1S/C17H18AsF3N2O2/c1-2-25-16(24)23-15-7-6-11(8-14(15)18)10-22-13-5-3-4-12(9-13)17(19,20)21/h3-9,22H,2,10,18H2,1H3,(H,23,24). The summed E-state index contributed by atoms with van der Waals surface area (Å²) >= 11 is 1.32. The Hall–Kier alpha value is -2.14. The normalized spacial score (nSPS) is 11.1.